The lowest BCUT2D eigenvalue weighted by Crippen LogP contribution is -2.25. The molecule has 0 saturated carbocycles. The average molecular weight is 251 g/mol. The number of rotatable bonds is 2. The molecule has 0 fully saturated rings. The standard InChI is InChI=1S/C7H5F4N5O/c8-4(9)7(10,11)5-13-1-2(14-5)15-6(12)16-3(1)17/h4H,(H4,12,13,14,15,16,17). The van der Waals surface area contributed by atoms with Crippen LogP contribution in [0.4, 0.5) is 23.5 Å². The monoisotopic (exact) mass is 251 g/mol. The summed E-state index contributed by atoms with van der Waals surface area (Å²) in [5.41, 5.74) is 3.40. The third kappa shape index (κ3) is 1.70. The molecule has 6 nitrogen and oxygen atoms in total. The second-order valence-corrected chi connectivity index (χ2v) is 3.16. The summed E-state index contributed by atoms with van der Waals surface area (Å²) in [7, 11) is 0. The number of halogens is 4. The third-order valence-corrected chi connectivity index (χ3v) is 1.97. The number of hydrogen-bond acceptors (Lipinski definition) is 4. The fourth-order valence-corrected chi connectivity index (χ4v) is 1.19. The summed E-state index contributed by atoms with van der Waals surface area (Å²) in [4.78, 5) is 21.6. The Hall–Kier alpha value is -2.13. The number of H-pyrrole nitrogens is 2. The fraction of sp³-hybridized carbons (Fsp3) is 0.286. The van der Waals surface area contributed by atoms with Crippen LogP contribution in [0.2, 0.25) is 0 Å². The maximum atomic E-state index is 12.9. The molecule has 2 rings (SSSR count). The molecule has 2 aromatic rings. The average Bonchev–Trinajstić information content (AvgIpc) is 2.61. The number of alkyl halides is 4. The van der Waals surface area contributed by atoms with E-state index >= 15 is 0 Å². The van der Waals surface area contributed by atoms with E-state index in [1.165, 1.54) is 0 Å². The summed E-state index contributed by atoms with van der Waals surface area (Å²) >= 11 is 0. The number of nitrogen functional groups attached to an aromatic ring is 1. The van der Waals surface area contributed by atoms with E-state index in [4.69, 9.17) is 5.73 Å². The third-order valence-electron chi connectivity index (χ3n) is 1.97. The molecule has 0 spiro atoms. The van der Waals surface area contributed by atoms with Gasteiger partial charge in [0.15, 0.2) is 17.0 Å². The van der Waals surface area contributed by atoms with E-state index in [1.807, 2.05) is 9.97 Å². The van der Waals surface area contributed by atoms with Crippen LogP contribution in [0.25, 0.3) is 11.2 Å². The van der Waals surface area contributed by atoms with Crippen molar-refractivity contribution in [2.75, 3.05) is 5.73 Å². The van der Waals surface area contributed by atoms with E-state index in [0.717, 1.165) is 0 Å². The molecule has 0 radical (unpaired) electrons. The number of nitrogens with one attached hydrogen (secondary N) is 2. The quantitative estimate of drug-likeness (QED) is 0.680. The molecule has 0 unspecified atom stereocenters. The highest BCUT2D eigenvalue weighted by Gasteiger charge is 2.46. The van der Waals surface area contributed by atoms with Crippen LogP contribution >= 0.6 is 0 Å². The minimum atomic E-state index is -4.48. The number of imidazole rings is 1. The van der Waals surface area contributed by atoms with Gasteiger partial charge in [-0.3, -0.25) is 9.78 Å². The van der Waals surface area contributed by atoms with Crippen molar-refractivity contribution < 1.29 is 17.6 Å². The first-order valence-electron chi connectivity index (χ1n) is 4.24. The maximum absolute atomic E-state index is 12.9. The number of fused-ring (bicyclic) bond motifs is 1. The van der Waals surface area contributed by atoms with Gasteiger partial charge in [-0.2, -0.15) is 13.8 Å². The topological polar surface area (TPSA) is 100 Å². The molecule has 2 heterocycles. The molecule has 0 bridgehead atoms. The molecule has 0 aliphatic rings. The molecule has 2 aromatic heterocycles. The number of nitrogens with zero attached hydrogens (tertiary/aromatic N) is 2. The van der Waals surface area contributed by atoms with Crippen molar-refractivity contribution in [1.82, 2.24) is 19.9 Å². The molecule has 0 amide bonds. The van der Waals surface area contributed by atoms with Gasteiger partial charge >= 0.3 is 12.3 Å². The van der Waals surface area contributed by atoms with E-state index < -0.39 is 34.9 Å². The molecule has 10 heteroatoms. The van der Waals surface area contributed by atoms with E-state index in [0.29, 0.717) is 0 Å². The first-order valence-corrected chi connectivity index (χ1v) is 4.24. The fourth-order valence-electron chi connectivity index (χ4n) is 1.19. The zero-order valence-electron chi connectivity index (χ0n) is 7.97. The van der Waals surface area contributed by atoms with Crippen LogP contribution in [0.3, 0.4) is 0 Å². The Morgan fingerprint density at radius 1 is 1.24 bits per heavy atom. The Morgan fingerprint density at radius 3 is 2.47 bits per heavy atom. The number of aromatic amines is 2. The molecule has 0 aliphatic heterocycles. The molecule has 0 saturated heterocycles. The predicted octanol–water partition coefficient (Wildman–Crippen LogP) is 0.585. The molecule has 4 N–H and O–H groups in total. The van der Waals surface area contributed by atoms with Gasteiger partial charge < -0.3 is 10.7 Å². The number of nitrogens with two attached hydrogens (primary N) is 1. The Balaban J connectivity index is 2.67. The smallest absolute Gasteiger partial charge is 0.363 e. The normalized spacial score (nSPS) is 12.5. The molecular formula is C7H5F4N5O. The van der Waals surface area contributed by atoms with Crippen molar-refractivity contribution in [1.29, 1.82) is 0 Å². The van der Waals surface area contributed by atoms with Crippen molar-refractivity contribution >= 4 is 17.1 Å². The highest BCUT2D eigenvalue weighted by atomic mass is 19.3. The summed E-state index contributed by atoms with van der Waals surface area (Å²) in [6.45, 7) is 0. The molecule has 0 aromatic carbocycles. The van der Waals surface area contributed by atoms with Gasteiger partial charge in [-0.15, -0.1) is 0 Å². The summed E-state index contributed by atoms with van der Waals surface area (Å²) in [6.07, 6.45) is -3.94. The van der Waals surface area contributed by atoms with Crippen LogP contribution in [0, 0.1) is 0 Å². The first kappa shape index (κ1) is 11.4. The number of aromatic nitrogens is 4. The van der Waals surface area contributed by atoms with Crippen LogP contribution < -0.4 is 11.3 Å². The lowest BCUT2D eigenvalue weighted by molar-refractivity contribution is -0.140. The van der Waals surface area contributed by atoms with Crippen molar-refractivity contribution in [3.05, 3.63) is 16.2 Å². The lowest BCUT2D eigenvalue weighted by atomic mass is 10.3. The Morgan fingerprint density at radius 2 is 1.88 bits per heavy atom. The van der Waals surface area contributed by atoms with Gasteiger partial charge in [0.2, 0.25) is 5.95 Å². The van der Waals surface area contributed by atoms with Gasteiger partial charge in [0.25, 0.3) is 5.56 Å². The highest BCUT2D eigenvalue weighted by Crippen LogP contribution is 2.32. The van der Waals surface area contributed by atoms with E-state index in [2.05, 4.69) is 9.97 Å². The second kappa shape index (κ2) is 3.43. The molecule has 17 heavy (non-hydrogen) atoms. The van der Waals surface area contributed by atoms with E-state index in [1.54, 1.807) is 0 Å². The van der Waals surface area contributed by atoms with Gasteiger partial charge in [-0.1, -0.05) is 0 Å². The van der Waals surface area contributed by atoms with Gasteiger partial charge in [-0.05, 0) is 0 Å². The van der Waals surface area contributed by atoms with Crippen molar-refractivity contribution in [2.24, 2.45) is 0 Å². The zero-order chi connectivity index (χ0) is 12.8. The minimum Gasteiger partial charge on any atom is -0.369 e. The summed E-state index contributed by atoms with van der Waals surface area (Å²) in [6, 6.07) is 0. The Kier molecular flexibility index (Phi) is 2.29. The molecular weight excluding hydrogens is 246 g/mol. The van der Waals surface area contributed by atoms with E-state index in [9.17, 15) is 22.4 Å². The molecule has 0 atom stereocenters. The van der Waals surface area contributed by atoms with Gasteiger partial charge in [0.05, 0.1) is 0 Å². The molecule has 92 valence electrons. The van der Waals surface area contributed by atoms with Crippen LogP contribution in [0.1, 0.15) is 5.82 Å². The number of hydrogen-bond donors (Lipinski definition) is 3. The summed E-state index contributed by atoms with van der Waals surface area (Å²) < 4.78 is 50.0. The van der Waals surface area contributed by atoms with Crippen molar-refractivity contribution in [2.45, 2.75) is 12.3 Å². The highest BCUT2D eigenvalue weighted by molar-refractivity contribution is 5.70. The lowest BCUT2D eigenvalue weighted by Gasteiger charge is -2.10. The SMILES string of the molecule is Nc1nc2nc(C(F)(F)C(F)F)[nH]c2c(=O)[nH]1. The van der Waals surface area contributed by atoms with Crippen LogP contribution in [-0.2, 0) is 5.92 Å². The minimum absolute atomic E-state index is 0.346. The predicted molar refractivity (Wildman–Crippen MR) is 48.8 cm³/mol. The van der Waals surface area contributed by atoms with E-state index in [-0.39, 0.29) is 5.95 Å². The van der Waals surface area contributed by atoms with Gasteiger partial charge in [0.1, 0.15) is 0 Å². The Labute approximate surface area is 89.9 Å². The first-order chi connectivity index (χ1) is 7.82. The van der Waals surface area contributed by atoms with Crippen LogP contribution in [0.15, 0.2) is 4.79 Å². The molecule has 0 aliphatic carbocycles. The van der Waals surface area contributed by atoms with Crippen LogP contribution in [-0.4, -0.2) is 26.4 Å². The van der Waals surface area contributed by atoms with Gasteiger partial charge in [-0.25, -0.2) is 13.8 Å². The van der Waals surface area contributed by atoms with Crippen LogP contribution in [0.5, 0.6) is 0 Å². The Bertz CT molecular complexity index is 618. The largest absolute Gasteiger partial charge is 0.369 e. The van der Waals surface area contributed by atoms with Crippen molar-refractivity contribution in [3.8, 4) is 0 Å². The second-order valence-electron chi connectivity index (χ2n) is 3.16. The maximum Gasteiger partial charge on any atom is 0.363 e. The summed E-state index contributed by atoms with van der Waals surface area (Å²) in [5.74, 6) is -6.16. The van der Waals surface area contributed by atoms with Gasteiger partial charge in [0, 0.05) is 0 Å². The number of anilines is 1. The zero-order valence-corrected chi connectivity index (χ0v) is 7.97. The summed E-state index contributed by atoms with van der Waals surface area (Å²) in [5, 5.41) is 0. The van der Waals surface area contributed by atoms with Crippen molar-refractivity contribution in [3.63, 3.8) is 0 Å².